The zero-order valence-corrected chi connectivity index (χ0v) is 11.0. The molecular weight excluding hydrogens is 202 g/mol. The molecule has 0 bridgehead atoms. The maximum absolute atomic E-state index is 12.0. The molecule has 1 fully saturated rings. The molecule has 0 saturated carbocycles. The molecule has 94 valence electrons. The lowest BCUT2D eigenvalue weighted by Gasteiger charge is -2.27. The number of likely N-dealkylation sites (tertiary alicyclic amines) is 1. The van der Waals surface area contributed by atoms with Crippen molar-refractivity contribution >= 4 is 5.91 Å². The Morgan fingerprint density at radius 2 is 1.94 bits per heavy atom. The van der Waals surface area contributed by atoms with Crippen LogP contribution in [-0.4, -0.2) is 61.5 Å². The third-order valence-corrected chi connectivity index (χ3v) is 3.58. The van der Waals surface area contributed by atoms with E-state index in [9.17, 15) is 4.79 Å². The predicted molar refractivity (Wildman–Crippen MR) is 66.4 cm³/mol. The van der Waals surface area contributed by atoms with Gasteiger partial charge in [-0.15, -0.1) is 0 Å². The third-order valence-electron chi connectivity index (χ3n) is 3.58. The first-order chi connectivity index (χ1) is 7.56. The van der Waals surface area contributed by atoms with Crippen LogP contribution >= 0.6 is 0 Å². The van der Waals surface area contributed by atoms with Gasteiger partial charge in [0.25, 0.3) is 0 Å². The van der Waals surface area contributed by atoms with Gasteiger partial charge in [-0.2, -0.15) is 0 Å². The molecule has 1 saturated heterocycles. The van der Waals surface area contributed by atoms with Gasteiger partial charge in [0.15, 0.2) is 0 Å². The molecule has 0 aromatic carbocycles. The fourth-order valence-electron chi connectivity index (χ4n) is 2.24. The maximum Gasteiger partial charge on any atom is 0.236 e. The van der Waals surface area contributed by atoms with Crippen molar-refractivity contribution in [1.82, 2.24) is 15.1 Å². The number of likely N-dealkylation sites (N-methyl/N-ethyl adjacent to an activating group) is 2. The van der Waals surface area contributed by atoms with Gasteiger partial charge in [0, 0.05) is 32.2 Å². The fraction of sp³-hybridized carbons (Fsp3) is 0.917. The summed E-state index contributed by atoms with van der Waals surface area (Å²) >= 11 is 0. The lowest BCUT2D eigenvalue weighted by atomic mass is 10.2. The van der Waals surface area contributed by atoms with Gasteiger partial charge in [-0.3, -0.25) is 9.69 Å². The van der Waals surface area contributed by atoms with Crippen molar-refractivity contribution in [2.75, 3.05) is 33.7 Å². The van der Waals surface area contributed by atoms with Crippen molar-refractivity contribution in [1.29, 1.82) is 0 Å². The van der Waals surface area contributed by atoms with Crippen LogP contribution in [0.4, 0.5) is 0 Å². The number of hydrogen-bond donors (Lipinski definition) is 1. The van der Waals surface area contributed by atoms with Crippen molar-refractivity contribution in [2.24, 2.45) is 0 Å². The summed E-state index contributed by atoms with van der Waals surface area (Å²) in [6.07, 6.45) is 2.43. The number of nitrogens with one attached hydrogen (secondary N) is 1. The molecule has 1 rings (SSSR count). The molecule has 2 atom stereocenters. The quantitative estimate of drug-likeness (QED) is 0.744. The standard InChI is InChI=1S/C12H25N3O/c1-10-5-6-11(2)15(10)9-12(16)14(4)8-7-13-3/h10-11,13H,5-9H2,1-4H3. The molecule has 0 radical (unpaired) electrons. The van der Waals surface area contributed by atoms with Crippen LogP contribution in [0.25, 0.3) is 0 Å². The monoisotopic (exact) mass is 227 g/mol. The van der Waals surface area contributed by atoms with Crippen molar-refractivity contribution in [3.05, 3.63) is 0 Å². The highest BCUT2D eigenvalue weighted by atomic mass is 16.2. The summed E-state index contributed by atoms with van der Waals surface area (Å²) in [4.78, 5) is 16.1. The van der Waals surface area contributed by atoms with Crippen molar-refractivity contribution in [3.8, 4) is 0 Å². The largest absolute Gasteiger partial charge is 0.343 e. The predicted octanol–water partition coefficient (Wildman–Crippen LogP) is 0.537. The molecular formula is C12H25N3O. The van der Waals surface area contributed by atoms with E-state index in [1.165, 1.54) is 12.8 Å². The zero-order chi connectivity index (χ0) is 12.1. The van der Waals surface area contributed by atoms with Crippen LogP contribution in [0.5, 0.6) is 0 Å². The van der Waals surface area contributed by atoms with E-state index >= 15 is 0 Å². The summed E-state index contributed by atoms with van der Waals surface area (Å²) < 4.78 is 0. The Morgan fingerprint density at radius 3 is 2.44 bits per heavy atom. The summed E-state index contributed by atoms with van der Waals surface area (Å²) in [5.41, 5.74) is 0. The van der Waals surface area contributed by atoms with E-state index < -0.39 is 0 Å². The molecule has 0 aromatic rings. The van der Waals surface area contributed by atoms with Gasteiger partial charge in [-0.05, 0) is 33.7 Å². The normalized spacial score (nSPS) is 26.0. The van der Waals surface area contributed by atoms with Gasteiger partial charge >= 0.3 is 0 Å². The number of hydrogen-bond acceptors (Lipinski definition) is 3. The molecule has 1 N–H and O–H groups in total. The highest BCUT2D eigenvalue weighted by molar-refractivity contribution is 5.78. The number of amides is 1. The Balaban J connectivity index is 2.38. The lowest BCUT2D eigenvalue weighted by molar-refractivity contribution is -0.131. The molecule has 1 aliphatic rings. The summed E-state index contributed by atoms with van der Waals surface area (Å²) in [5, 5.41) is 3.06. The van der Waals surface area contributed by atoms with Crippen LogP contribution in [0.3, 0.4) is 0 Å². The second-order valence-corrected chi connectivity index (χ2v) is 4.87. The van der Waals surface area contributed by atoms with Crippen LogP contribution in [0.1, 0.15) is 26.7 Å². The molecule has 4 heteroatoms. The topological polar surface area (TPSA) is 35.6 Å². The average molecular weight is 227 g/mol. The van der Waals surface area contributed by atoms with Crippen LogP contribution in [0.2, 0.25) is 0 Å². The average Bonchev–Trinajstić information content (AvgIpc) is 2.57. The second kappa shape index (κ2) is 6.21. The highest BCUT2D eigenvalue weighted by Gasteiger charge is 2.29. The first-order valence-electron chi connectivity index (χ1n) is 6.20. The summed E-state index contributed by atoms with van der Waals surface area (Å²) in [7, 11) is 3.79. The molecule has 1 aliphatic heterocycles. The summed E-state index contributed by atoms with van der Waals surface area (Å²) in [6.45, 7) is 6.64. The first kappa shape index (κ1) is 13.5. The SMILES string of the molecule is CNCCN(C)C(=O)CN1C(C)CCC1C. The summed E-state index contributed by atoms with van der Waals surface area (Å²) in [5.74, 6) is 0.232. The highest BCUT2D eigenvalue weighted by Crippen LogP contribution is 2.22. The van der Waals surface area contributed by atoms with Gasteiger partial charge in [0.1, 0.15) is 0 Å². The van der Waals surface area contributed by atoms with E-state index in [1.807, 2.05) is 19.0 Å². The van der Waals surface area contributed by atoms with Crippen molar-refractivity contribution < 1.29 is 4.79 Å². The first-order valence-corrected chi connectivity index (χ1v) is 6.20. The lowest BCUT2D eigenvalue weighted by Crippen LogP contribution is -2.44. The second-order valence-electron chi connectivity index (χ2n) is 4.87. The molecule has 4 nitrogen and oxygen atoms in total. The number of nitrogens with zero attached hydrogens (tertiary/aromatic N) is 2. The molecule has 1 heterocycles. The van der Waals surface area contributed by atoms with Gasteiger partial charge in [-0.25, -0.2) is 0 Å². The number of carbonyl (C=O) groups excluding carboxylic acids is 1. The number of carbonyl (C=O) groups is 1. The van der Waals surface area contributed by atoms with E-state index in [0.29, 0.717) is 18.6 Å². The minimum Gasteiger partial charge on any atom is -0.343 e. The fourth-order valence-corrected chi connectivity index (χ4v) is 2.24. The van der Waals surface area contributed by atoms with E-state index in [1.54, 1.807) is 0 Å². The Kier molecular flexibility index (Phi) is 5.22. The van der Waals surface area contributed by atoms with Gasteiger partial charge in [0.2, 0.25) is 5.91 Å². The molecule has 0 spiro atoms. The van der Waals surface area contributed by atoms with Crippen LogP contribution in [-0.2, 0) is 4.79 Å². The van der Waals surface area contributed by atoms with Crippen molar-refractivity contribution in [3.63, 3.8) is 0 Å². The summed E-state index contributed by atoms with van der Waals surface area (Å²) in [6, 6.07) is 1.10. The minimum atomic E-state index is 0.232. The Hall–Kier alpha value is -0.610. The Bertz CT molecular complexity index is 222. The van der Waals surface area contributed by atoms with E-state index in [2.05, 4.69) is 24.1 Å². The third kappa shape index (κ3) is 3.46. The smallest absolute Gasteiger partial charge is 0.236 e. The van der Waals surface area contributed by atoms with E-state index in [4.69, 9.17) is 0 Å². The minimum absolute atomic E-state index is 0.232. The van der Waals surface area contributed by atoms with Crippen LogP contribution in [0.15, 0.2) is 0 Å². The molecule has 0 aromatic heterocycles. The molecule has 0 aliphatic carbocycles. The van der Waals surface area contributed by atoms with Crippen molar-refractivity contribution in [2.45, 2.75) is 38.8 Å². The van der Waals surface area contributed by atoms with Gasteiger partial charge < -0.3 is 10.2 Å². The van der Waals surface area contributed by atoms with E-state index in [0.717, 1.165) is 13.1 Å². The van der Waals surface area contributed by atoms with E-state index in [-0.39, 0.29) is 5.91 Å². The molecule has 2 unspecified atom stereocenters. The number of rotatable bonds is 5. The molecule has 16 heavy (non-hydrogen) atoms. The van der Waals surface area contributed by atoms with Crippen LogP contribution in [0, 0.1) is 0 Å². The molecule has 1 amide bonds. The van der Waals surface area contributed by atoms with Crippen LogP contribution < -0.4 is 5.32 Å². The van der Waals surface area contributed by atoms with Gasteiger partial charge in [-0.1, -0.05) is 0 Å². The van der Waals surface area contributed by atoms with Gasteiger partial charge in [0.05, 0.1) is 6.54 Å². The Labute approximate surface area is 99.0 Å². The maximum atomic E-state index is 12.0. The Morgan fingerprint density at radius 1 is 1.38 bits per heavy atom. The zero-order valence-electron chi connectivity index (χ0n) is 11.0.